The number of nitrogens with zero attached hydrogens (tertiary/aromatic N) is 1. The fraction of sp³-hybridized carbons (Fsp3) is 0.0769. The van der Waals surface area contributed by atoms with E-state index in [0.29, 0.717) is 0 Å². The summed E-state index contributed by atoms with van der Waals surface area (Å²) in [5.74, 6) is 0. The minimum absolute atomic E-state index is 0.839. The van der Waals surface area contributed by atoms with E-state index in [0.717, 1.165) is 11.4 Å². The van der Waals surface area contributed by atoms with Gasteiger partial charge in [0.2, 0.25) is 4.58 Å². The zero-order valence-electron chi connectivity index (χ0n) is 9.05. The molecule has 0 heterocycles. The van der Waals surface area contributed by atoms with Crippen LogP contribution < -0.4 is 10.6 Å². The quantitative estimate of drug-likeness (QED) is 0.519. The number of alkyl halides is 2. The van der Waals surface area contributed by atoms with Crippen molar-refractivity contribution in [3.8, 4) is 0 Å². The second-order valence-corrected chi connectivity index (χ2v) is 4.94. The van der Waals surface area contributed by atoms with Crippen LogP contribution in [0.25, 0.3) is 0 Å². The number of para-hydroxylation sites is 2. The first-order valence-corrected chi connectivity index (χ1v) is 5.91. The van der Waals surface area contributed by atoms with E-state index in [-0.39, 0.29) is 0 Å². The first-order chi connectivity index (χ1) is 8.09. The third-order valence-corrected chi connectivity index (χ3v) is 2.66. The van der Waals surface area contributed by atoms with Crippen LogP contribution in [-0.4, -0.2) is 4.58 Å². The maximum Gasteiger partial charge on any atom is 0.249 e. The van der Waals surface area contributed by atoms with Crippen molar-refractivity contribution in [2.24, 2.45) is 5.73 Å². The lowest BCUT2D eigenvalue weighted by molar-refractivity contribution is 0.827. The van der Waals surface area contributed by atoms with E-state index in [2.05, 4.69) is 0 Å². The van der Waals surface area contributed by atoms with E-state index in [9.17, 15) is 0 Å². The first kappa shape index (κ1) is 12.2. The third-order valence-electron chi connectivity index (χ3n) is 2.33. The second-order valence-electron chi connectivity index (χ2n) is 3.59. The largest absolute Gasteiger partial charge is 0.297 e. The highest BCUT2D eigenvalue weighted by atomic mass is 35.5. The molecule has 2 aromatic carbocycles. The van der Waals surface area contributed by atoms with E-state index in [4.69, 9.17) is 28.9 Å². The van der Waals surface area contributed by atoms with Crippen LogP contribution in [0.1, 0.15) is 0 Å². The molecule has 0 saturated carbocycles. The van der Waals surface area contributed by atoms with Gasteiger partial charge in [-0.15, -0.1) is 0 Å². The number of halogens is 2. The summed E-state index contributed by atoms with van der Waals surface area (Å²) in [6, 6.07) is 19.1. The van der Waals surface area contributed by atoms with Crippen molar-refractivity contribution in [2.75, 3.05) is 4.90 Å². The lowest BCUT2D eigenvalue weighted by Crippen LogP contribution is -2.44. The van der Waals surface area contributed by atoms with Gasteiger partial charge < -0.3 is 0 Å². The Morgan fingerprint density at radius 2 is 1.12 bits per heavy atom. The Hall–Kier alpha value is -1.22. The predicted octanol–water partition coefficient (Wildman–Crippen LogP) is 3.87. The molecule has 0 saturated heterocycles. The molecule has 88 valence electrons. The highest BCUT2D eigenvalue weighted by Gasteiger charge is 2.28. The molecular formula is C13H12Cl2N2. The fourth-order valence-electron chi connectivity index (χ4n) is 1.65. The Kier molecular flexibility index (Phi) is 3.57. The number of anilines is 2. The summed E-state index contributed by atoms with van der Waals surface area (Å²) in [4.78, 5) is 1.66. The van der Waals surface area contributed by atoms with Crippen LogP contribution in [-0.2, 0) is 0 Å². The molecule has 0 amide bonds. The molecule has 0 aliphatic heterocycles. The Labute approximate surface area is 111 Å². The van der Waals surface area contributed by atoms with E-state index < -0.39 is 4.58 Å². The average Bonchev–Trinajstić information content (AvgIpc) is 2.30. The maximum atomic E-state index is 6.04. The summed E-state index contributed by atoms with van der Waals surface area (Å²) in [7, 11) is 0. The van der Waals surface area contributed by atoms with Crippen LogP contribution in [0.2, 0.25) is 0 Å². The number of rotatable bonds is 3. The van der Waals surface area contributed by atoms with Gasteiger partial charge in [-0.3, -0.25) is 10.6 Å². The number of benzene rings is 2. The molecule has 0 aliphatic rings. The minimum Gasteiger partial charge on any atom is -0.297 e. The van der Waals surface area contributed by atoms with Gasteiger partial charge in [0.15, 0.2) is 0 Å². The maximum absolute atomic E-state index is 6.04. The predicted molar refractivity (Wildman–Crippen MR) is 73.6 cm³/mol. The van der Waals surface area contributed by atoms with Gasteiger partial charge in [-0.2, -0.15) is 0 Å². The topological polar surface area (TPSA) is 29.3 Å². The van der Waals surface area contributed by atoms with Crippen molar-refractivity contribution < 1.29 is 0 Å². The van der Waals surface area contributed by atoms with Crippen LogP contribution in [0.5, 0.6) is 0 Å². The highest BCUT2D eigenvalue weighted by molar-refractivity contribution is 6.49. The summed E-state index contributed by atoms with van der Waals surface area (Å²) in [6.07, 6.45) is 0. The molecule has 2 rings (SSSR count). The Balaban J connectivity index is 2.48. The number of nitrogens with two attached hydrogens (primary N) is 1. The minimum atomic E-state index is -1.50. The molecule has 0 radical (unpaired) electrons. The Morgan fingerprint density at radius 1 is 0.765 bits per heavy atom. The van der Waals surface area contributed by atoms with Gasteiger partial charge in [0.1, 0.15) is 0 Å². The second kappa shape index (κ2) is 4.96. The van der Waals surface area contributed by atoms with Gasteiger partial charge in [0.05, 0.1) is 0 Å². The summed E-state index contributed by atoms with van der Waals surface area (Å²) in [5.41, 5.74) is 7.48. The van der Waals surface area contributed by atoms with Crippen molar-refractivity contribution in [3.05, 3.63) is 60.7 Å². The Bertz CT molecular complexity index is 426. The molecule has 4 heteroatoms. The molecule has 0 aromatic heterocycles. The van der Waals surface area contributed by atoms with E-state index in [1.165, 1.54) is 0 Å². The van der Waals surface area contributed by atoms with Crippen molar-refractivity contribution in [3.63, 3.8) is 0 Å². The lowest BCUT2D eigenvalue weighted by atomic mass is 10.2. The monoisotopic (exact) mass is 266 g/mol. The molecule has 2 aromatic rings. The van der Waals surface area contributed by atoms with Crippen LogP contribution in [0, 0.1) is 0 Å². The first-order valence-electron chi connectivity index (χ1n) is 5.16. The SMILES string of the molecule is NC(Cl)(Cl)N(c1ccccc1)c1ccccc1. The molecule has 0 atom stereocenters. The van der Waals surface area contributed by atoms with Gasteiger partial charge in [0, 0.05) is 11.4 Å². The zero-order chi connectivity index (χ0) is 12.3. The van der Waals surface area contributed by atoms with Crippen molar-refractivity contribution >= 4 is 34.6 Å². The van der Waals surface area contributed by atoms with Crippen molar-refractivity contribution in [1.82, 2.24) is 0 Å². The molecule has 0 spiro atoms. The Morgan fingerprint density at radius 3 is 1.41 bits per heavy atom. The van der Waals surface area contributed by atoms with Crippen LogP contribution in [0.3, 0.4) is 0 Å². The summed E-state index contributed by atoms with van der Waals surface area (Å²) in [6.45, 7) is 0. The standard InChI is InChI=1S/C13H12Cl2N2/c14-13(15,16)17(11-7-3-1-4-8-11)12-9-5-2-6-10-12/h1-10H,16H2. The number of hydrogen-bond donors (Lipinski definition) is 1. The molecule has 2 nitrogen and oxygen atoms in total. The normalized spacial score (nSPS) is 11.2. The van der Waals surface area contributed by atoms with Crippen molar-refractivity contribution in [1.29, 1.82) is 0 Å². The van der Waals surface area contributed by atoms with E-state index in [1.54, 1.807) is 4.90 Å². The van der Waals surface area contributed by atoms with E-state index >= 15 is 0 Å². The third kappa shape index (κ3) is 2.91. The van der Waals surface area contributed by atoms with Crippen LogP contribution in [0.15, 0.2) is 60.7 Å². The molecule has 0 aliphatic carbocycles. The average molecular weight is 267 g/mol. The summed E-state index contributed by atoms with van der Waals surface area (Å²) in [5, 5.41) is 0. The lowest BCUT2D eigenvalue weighted by Gasteiger charge is -2.33. The van der Waals surface area contributed by atoms with Crippen LogP contribution >= 0.6 is 23.2 Å². The molecule has 0 unspecified atom stereocenters. The number of hydrogen-bond acceptors (Lipinski definition) is 2. The molecule has 2 N–H and O–H groups in total. The van der Waals surface area contributed by atoms with Crippen molar-refractivity contribution in [2.45, 2.75) is 4.58 Å². The summed E-state index contributed by atoms with van der Waals surface area (Å²) >= 11 is 12.1. The highest BCUT2D eigenvalue weighted by Crippen LogP contribution is 2.34. The van der Waals surface area contributed by atoms with Gasteiger partial charge >= 0.3 is 0 Å². The molecular weight excluding hydrogens is 255 g/mol. The molecule has 0 bridgehead atoms. The van der Waals surface area contributed by atoms with Gasteiger partial charge in [-0.05, 0) is 24.3 Å². The van der Waals surface area contributed by atoms with E-state index in [1.807, 2.05) is 60.7 Å². The zero-order valence-corrected chi connectivity index (χ0v) is 10.6. The molecule has 17 heavy (non-hydrogen) atoms. The van der Waals surface area contributed by atoms with Gasteiger partial charge in [-0.1, -0.05) is 59.6 Å². The van der Waals surface area contributed by atoms with Gasteiger partial charge in [0.25, 0.3) is 0 Å². The van der Waals surface area contributed by atoms with Gasteiger partial charge in [-0.25, -0.2) is 0 Å². The van der Waals surface area contributed by atoms with Crippen LogP contribution in [0.4, 0.5) is 11.4 Å². The smallest absolute Gasteiger partial charge is 0.249 e. The molecule has 0 fully saturated rings. The summed E-state index contributed by atoms with van der Waals surface area (Å²) < 4.78 is -1.50. The fourth-order valence-corrected chi connectivity index (χ4v) is 2.04.